The third-order valence-electron chi connectivity index (χ3n) is 5.45. The first-order valence-corrected chi connectivity index (χ1v) is 7.81. The minimum absolute atomic E-state index is 0.0607. The van der Waals surface area contributed by atoms with E-state index < -0.39 is 0 Å². The van der Waals surface area contributed by atoms with Crippen molar-refractivity contribution in [2.45, 2.75) is 70.9 Å². The third kappa shape index (κ3) is 2.19. The highest BCUT2D eigenvalue weighted by Crippen LogP contribution is 2.55. The lowest BCUT2D eigenvalue weighted by molar-refractivity contribution is -0.0960. The van der Waals surface area contributed by atoms with Gasteiger partial charge >= 0.3 is 0 Å². The number of ether oxygens (including phenoxy) is 2. The molecule has 110 valence electrons. The molecule has 2 heteroatoms. The van der Waals surface area contributed by atoms with E-state index in [-0.39, 0.29) is 17.3 Å². The second-order valence-electron chi connectivity index (χ2n) is 7.06. The highest BCUT2D eigenvalue weighted by molar-refractivity contribution is 5.24. The van der Waals surface area contributed by atoms with Crippen LogP contribution in [0, 0.1) is 12.8 Å². The van der Waals surface area contributed by atoms with Crippen molar-refractivity contribution in [1.82, 2.24) is 0 Å². The molecule has 2 nitrogen and oxygen atoms in total. The van der Waals surface area contributed by atoms with Gasteiger partial charge in [0.05, 0.1) is 23.9 Å². The Morgan fingerprint density at radius 3 is 2.70 bits per heavy atom. The Labute approximate surface area is 122 Å². The molecular weight excluding hydrogens is 248 g/mol. The molecule has 3 atom stereocenters. The minimum atomic E-state index is -0.0764. The molecule has 2 aliphatic rings. The van der Waals surface area contributed by atoms with Gasteiger partial charge in [0.1, 0.15) is 0 Å². The zero-order valence-corrected chi connectivity index (χ0v) is 13.1. The number of fused-ring (bicyclic) bond motifs is 2. The average molecular weight is 274 g/mol. The first-order valence-electron chi connectivity index (χ1n) is 7.81. The van der Waals surface area contributed by atoms with Gasteiger partial charge in [0, 0.05) is 6.42 Å². The minimum Gasteiger partial charge on any atom is -0.370 e. The van der Waals surface area contributed by atoms with Crippen LogP contribution in [0.1, 0.15) is 51.2 Å². The van der Waals surface area contributed by atoms with Crippen molar-refractivity contribution in [1.29, 1.82) is 0 Å². The highest BCUT2D eigenvalue weighted by atomic mass is 16.6. The molecule has 0 unspecified atom stereocenters. The molecule has 2 bridgehead atoms. The van der Waals surface area contributed by atoms with Gasteiger partial charge in [-0.15, -0.1) is 0 Å². The van der Waals surface area contributed by atoms with Gasteiger partial charge in [0.15, 0.2) is 0 Å². The monoisotopic (exact) mass is 274 g/mol. The molecule has 0 aliphatic carbocycles. The second kappa shape index (κ2) is 4.85. The van der Waals surface area contributed by atoms with Crippen LogP contribution < -0.4 is 0 Å². The predicted molar refractivity (Wildman–Crippen MR) is 80.7 cm³/mol. The first kappa shape index (κ1) is 14.1. The van der Waals surface area contributed by atoms with Gasteiger partial charge in [0.25, 0.3) is 0 Å². The zero-order valence-electron chi connectivity index (χ0n) is 13.1. The number of hydrogen-bond acceptors (Lipinski definition) is 2. The molecule has 1 aromatic rings. The maximum absolute atomic E-state index is 6.42. The number of rotatable bonds is 4. The summed E-state index contributed by atoms with van der Waals surface area (Å²) in [4.78, 5) is 0. The number of benzene rings is 1. The molecule has 2 saturated heterocycles. The summed E-state index contributed by atoms with van der Waals surface area (Å²) in [5.74, 6) is 0.566. The number of hydrogen-bond donors (Lipinski definition) is 0. The van der Waals surface area contributed by atoms with E-state index in [0.29, 0.717) is 12.5 Å². The lowest BCUT2D eigenvalue weighted by atomic mass is 9.75. The molecule has 2 fully saturated rings. The van der Waals surface area contributed by atoms with Crippen LogP contribution >= 0.6 is 0 Å². The van der Waals surface area contributed by atoms with Crippen molar-refractivity contribution in [3.8, 4) is 0 Å². The van der Waals surface area contributed by atoms with Gasteiger partial charge in [-0.25, -0.2) is 0 Å². The van der Waals surface area contributed by atoms with Crippen LogP contribution in [0.5, 0.6) is 0 Å². The Morgan fingerprint density at radius 2 is 2.05 bits per heavy atom. The van der Waals surface area contributed by atoms with Crippen molar-refractivity contribution in [3.63, 3.8) is 0 Å². The lowest BCUT2D eigenvalue weighted by Gasteiger charge is -2.31. The van der Waals surface area contributed by atoms with Crippen LogP contribution in [-0.2, 0) is 16.1 Å². The first-order chi connectivity index (χ1) is 9.45. The van der Waals surface area contributed by atoms with Crippen LogP contribution in [0.4, 0.5) is 0 Å². The second-order valence-corrected chi connectivity index (χ2v) is 7.06. The van der Waals surface area contributed by atoms with E-state index in [4.69, 9.17) is 9.47 Å². The quantitative estimate of drug-likeness (QED) is 0.817. The van der Waals surface area contributed by atoms with Gasteiger partial charge in [-0.3, -0.25) is 0 Å². The normalized spacial score (nSPS) is 36.0. The lowest BCUT2D eigenvalue weighted by Crippen LogP contribution is -2.38. The van der Waals surface area contributed by atoms with Gasteiger partial charge in [-0.2, -0.15) is 0 Å². The van der Waals surface area contributed by atoms with E-state index in [1.54, 1.807) is 0 Å². The maximum Gasteiger partial charge on any atom is 0.0924 e. The zero-order chi connectivity index (χ0) is 14.4. The number of aryl methyl sites for hydroxylation is 1. The molecule has 3 rings (SSSR count). The molecule has 20 heavy (non-hydrogen) atoms. The summed E-state index contributed by atoms with van der Waals surface area (Å²) in [6, 6.07) is 8.46. The van der Waals surface area contributed by atoms with E-state index in [9.17, 15) is 0 Å². The SMILES string of the molecule is Cc1ccccc1CO[C@H]1C[C@]2(C(C)C)CC[C@]1(C)O2. The molecule has 0 radical (unpaired) electrons. The summed E-state index contributed by atoms with van der Waals surface area (Å²) in [6.07, 6.45) is 3.60. The van der Waals surface area contributed by atoms with Crippen LogP contribution in [0.2, 0.25) is 0 Å². The van der Waals surface area contributed by atoms with Gasteiger partial charge < -0.3 is 9.47 Å². The molecule has 0 spiro atoms. The largest absolute Gasteiger partial charge is 0.370 e. The van der Waals surface area contributed by atoms with E-state index in [2.05, 4.69) is 52.0 Å². The molecule has 0 amide bonds. The van der Waals surface area contributed by atoms with Gasteiger partial charge in [-0.05, 0) is 43.7 Å². The molecule has 0 saturated carbocycles. The smallest absolute Gasteiger partial charge is 0.0924 e. The molecule has 1 aromatic carbocycles. The molecule has 0 aromatic heterocycles. The van der Waals surface area contributed by atoms with Gasteiger partial charge in [0.2, 0.25) is 0 Å². The Morgan fingerprint density at radius 1 is 1.30 bits per heavy atom. The standard InChI is InChI=1S/C18H26O2/c1-13(2)18-10-9-17(4,20-18)16(11-18)19-12-15-8-6-5-7-14(15)3/h5-8,13,16H,9-12H2,1-4H3/t16-,17-,18-/m0/s1. The van der Waals surface area contributed by atoms with Crippen molar-refractivity contribution in [2.75, 3.05) is 0 Å². The Hall–Kier alpha value is -0.860. The summed E-state index contributed by atoms with van der Waals surface area (Å²) >= 11 is 0. The van der Waals surface area contributed by atoms with Gasteiger partial charge in [-0.1, -0.05) is 38.1 Å². The molecule has 2 heterocycles. The summed E-state index contributed by atoms with van der Waals surface area (Å²) < 4.78 is 12.7. The fourth-order valence-electron chi connectivity index (χ4n) is 3.77. The summed E-state index contributed by atoms with van der Waals surface area (Å²) in [5.41, 5.74) is 2.58. The van der Waals surface area contributed by atoms with Crippen LogP contribution in [0.15, 0.2) is 24.3 Å². The Bertz CT molecular complexity index is 496. The summed E-state index contributed by atoms with van der Waals surface area (Å²) in [7, 11) is 0. The Balaban J connectivity index is 1.69. The van der Waals surface area contributed by atoms with Crippen molar-refractivity contribution in [2.24, 2.45) is 5.92 Å². The van der Waals surface area contributed by atoms with Crippen molar-refractivity contribution < 1.29 is 9.47 Å². The fourth-order valence-corrected chi connectivity index (χ4v) is 3.77. The van der Waals surface area contributed by atoms with Crippen molar-refractivity contribution >= 4 is 0 Å². The highest BCUT2D eigenvalue weighted by Gasteiger charge is 2.60. The topological polar surface area (TPSA) is 18.5 Å². The molecule has 0 N–H and O–H groups in total. The summed E-state index contributed by atoms with van der Waals surface area (Å²) in [6.45, 7) is 9.62. The fraction of sp³-hybridized carbons (Fsp3) is 0.667. The Kier molecular flexibility index (Phi) is 3.42. The van der Waals surface area contributed by atoms with E-state index in [1.807, 2.05) is 0 Å². The van der Waals surface area contributed by atoms with Crippen molar-refractivity contribution in [3.05, 3.63) is 35.4 Å². The molecule has 2 aliphatic heterocycles. The third-order valence-corrected chi connectivity index (χ3v) is 5.45. The molecular formula is C18H26O2. The van der Waals surface area contributed by atoms with E-state index >= 15 is 0 Å². The van der Waals surface area contributed by atoms with Crippen LogP contribution in [0.25, 0.3) is 0 Å². The predicted octanol–water partition coefficient (Wildman–Crippen LogP) is 4.25. The van der Waals surface area contributed by atoms with Crippen LogP contribution in [0.3, 0.4) is 0 Å². The maximum atomic E-state index is 6.42. The van der Waals surface area contributed by atoms with Crippen LogP contribution in [-0.4, -0.2) is 17.3 Å². The van der Waals surface area contributed by atoms with E-state index in [0.717, 1.165) is 12.8 Å². The summed E-state index contributed by atoms with van der Waals surface area (Å²) in [5, 5.41) is 0. The average Bonchev–Trinajstić information content (AvgIpc) is 2.90. The van der Waals surface area contributed by atoms with E-state index in [1.165, 1.54) is 17.5 Å².